The number of hydrogen-bond donors (Lipinski definition) is 1. The van der Waals surface area contributed by atoms with Crippen LogP contribution in [-0.4, -0.2) is 23.6 Å². The molecule has 1 aromatic carbocycles. The van der Waals surface area contributed by atoms with E-state index in [1.165, 1.54) is 26.1 Å². The number of anilines is 1. The minimum atomic E-state index is -0.210. The molecule has 0 radical (unpaired) electrons. The first-order chi connectivity index (χ1) is 7.54. The minimum absolute atomic E-state index is 0.210. The Kier molecular flexibility index (Phi) is 5.61. The van der Waals surface area contributed by atoms with Crippen molar-refractivity contribution in [2.24, 2.45) is 0 Å². The third kappa shape index (κ3) is 3.97. The van der Waals surface area contributed by atoms with Crippen molar-refractivity contribution < 1.29 is 4.79 Å². The molecule has 0 bridgehead atoms. The Bertz CT molecular complexity index is 390. The fourth-order valence-corrected chi connectivity index (χ4v) is 2.43. The van der Waals surface area contributed by atoms with E-state index in [-0.39, 0.29) is 6.03 Å². The van der Waals surface area contributed by atoms with Crippen molar-refractivity contribution in [2.45, 2.75) is 0 Å². The molecule has 0 heterocycles. The maximum absolute atomic E-state index is 11.6. The molecule has 16 heavy (non-hydrogen) atoms. The molecule has 1 N–H and O–H groups in total. The first-order valence-electron chi connectivity index (χ1n) is 4.25. The summed E-state index contributed by atoms with van der Waals surface area (Å²) in [6, 6.07) is 4.74. The second-order valence-electron chi connectivity index (χ2n) is 2.80. The molecule has 0 saturated carbocycles. The monoisotopic (exact) mass is 296 g/mol. The van der Waals surface area contributed by atoms with E-state index >= 15 is 0 Å². The van der Waals surface area contributed by atoms with Gasteiger partial charge in [0.15, 0.2) is 0 Å². The molecule has 3 nitrogen and oxygen atoms in total. The lowest BCUT2D eigenvalue weighted by Gasteiger charge is -2.14. The van der Waals surface area contributed by atoms with Crippen LogP contribution in [0.15, 0.2) is 18.2 Å². The van der Waals surface area contributed by atoms with Crippen molar-refractivity contribution in [3.8, 4) is 0 Å². The summed E-state index contributed by atoms with van der Waals surface area (Å²) in [5.41, 5.74) is 0.618. The maximum atomic E-state index is 11.6. The van der Waals surface area contributed by atoms with Crippen LogP contribution in [0.5, 0.6) is 0 Å². The molecule has 0 fully saturated rings. The summed E-state index contributed by atoms with van der Waals surface area (Å²) in [5.74, 6) is 0. The maximum Gasteiger partial charge on any atom is 0.332 e. The van der Waals surface area contributed by atoms with Crippen LogP contribution >= 0.6 is 45.0 Å². The molecule has 0 saturated heterocycles. The Labute approximate surface area is 112 Å². The van der Waals surface area contributed by atoms with Gasteiger partial charge in [-0.1, -0.05) is 34.0 Å². The molecule has 0 atom stereocenters. The highest BCUT2D eigenvalue weighted by molar-refractivity contribution is 8.75. The Hall–Kier alpha value is -0.230. The van der Waals surface area contributed by atoms with Crippen LogP contribution in [0.4, 0.5) is 10.5 Å². The molecule has 0 aromatic heterocycles. The van der Waals surface area contributed by atoms with E-state index in [4.69, 9.17) is 23.2 Å². The van der Waals surface area contributed by atoms with Crippen molar-refractivity contribution in [3.63, 3.8) is 0 Å². The highest BCUT2D eigenvalue weighted by atomic mass is 35.5. The van der Waals surface area contributed by atoms with Crippen LogP contribution in [0.3, 0.4) is 0 Å². The van der Waals surface area contributed by atoms with Crippen LogP contribution in [0.25, 0.3) is 0 Å². The van der Waals surface area contributed by atoms with Gasteiger partial charge in [0.25, 0.3) is 0 Å². The van der Waals surface area contributed by atoms with Crippen LogP contribution < -0.4 is 5.32 Å². The van der Waals surface area contributed by atoms with Gasteiger partial charge in [-0.2, -0.15) is 0 Å². The average molecular weight is 297 g/mol. The molecule has 0 aliphatic carbocycles. The fraction of sp³-hybridized carbons (Fsp3) is 0.222. The number of nitrogens with zero attached hydrogens (tertiary/aromatic N) is 1. The molecule has 0 unspecified atom stereocenters. The third-order valence-corrected chi connectivity index (χ3v) is 4.04. The second kappa shape index (κ2) is 6.49. The van der Waals surface area contributed by atoms with Gasteiger partial charge in [-0.15, -0.1) is 0 Å². The van der Waals surface area contributed by atoms with Crippen LogP contribution in [0.2, 0.25) is 10.0 Å². The van der Waals surface area contributed by atoms with Gasteiger partial charge in [-0.3, -0.25) is 4.31 Å². The van der Waals surface area contributed by atoms with Crippen LogP contribution in [0.1, 0.15) is 0 Å². The standard InChI is InChI=1S/C9H10Cl2N2OS2/c1-13(16-15-2)9(14)12-6-3-4-7(10)8(11)5-6/h3-5H,1-2H3,(H,12,14). The Balaban J connectivity index is 2.66. The van der Waals surface area contributed by atoms with Crippen molar-refractivity contribution in [2.75, 3.05) is 18.6 Å². The van der Waals surface area contributed by atoms with E-state index in [0.717, 1.165) is 0 Å². The average Bonchev–Trinajstić information content (AvgIpc) is 2.24. The zero-order valence-corrected chi connectivity index (χ0v) is 11.8. The number of halogens is 2. The van der Waals surface area contributed by atoms with Gasteiger partial charge in [-0.25, -0.2) is 4.79 Å². The SMILES string of the molecule is CSSN(C)C(=O)Nc1ccc(Cl)c(Cl)c1. The molecule has 1 rings (SSSR count). The van der Waals surface area contributed by atoms with Crippen LogP contribution in [-0.2, 0) is 0 Å². The highest BCUT2D eigenvalue weighted by Gasteiger charge is 2.09. The first kappa shape index (κ1) is 13.8. The molecular formula is C9H10Cl2N2OS2. The first-order valence-corrected chi connectivity index (χ1v) is 7.52. The largest absolute Gasteiger partial charge is 0.332 e. The number of nitrogens with one attached hydrogen (secondary N) is 1. The summed E-state index contributed by atoms with van der Waals surface area (Å²) in [6.07, 6.45) is 1.90. The van der Waals surface area contributed by atoms with E-state index in [9.17, 15) is 4.79 Å². The summed E-state index contributed by atoms with van der Waals surface area (Å²) in [6.45, 7) is 0. The third-order valence-electron chi connectivity index (χ3n) is 1.64. The molecule has 0 aliphatic rings. The van der Waals surface area contributed by atoms with Crippen LogP contribution in [0, 0.1) is 0 Å². The summed E-state index contributed by atoms with van der Waals surface area (Å²) in [4.78, 5) is 11.6. The summed E-state index contributed by atoms with van der Waals surface area (Å²) in [7, 11) is 4.52. The van der Waals surface area contributed by atoms with Crippen molar-refractivity contribution in [1.82, 2.24) is 4.31 Å². The lowest BCUT2D eigenvalue weighted by molar-refractivity contribution is 0.243. The van der Waals surface area contributed by atoms with E-state index in [1.54, 1.807) is 25.2 Å². The van der Waals surface area contributed by atoms with Gasteiger partial charge in [0.1, 0.15) is 0 Å². The lowest BCUT2D eigenvalue weighted by atomic mass is 10.3. The topological polar surface area (TPSA) is 32.3 Å². The van der Waals surface area contributed by atoms with Crippen molar-refractivity contribution in [1.29, 1.82) is 0 Å². The molecule has 0 aliphatic heterocycles. The minimum Gasteiger partial charge on any atom is -0.307 e. The summed E-state index contributed by atoms with van der Waals surface area (Å²) in [5, 5.41) is 3.58. The summed E-state index contributed by atoms with van der Waals surface area (Å²) >= 11 is 11.6. The predicted molar refractivity (Wildman–Crippen MR) is 74.3 cm³/mol. The van der Waals surface area contributed by atoms with E-state index in [1.807, 2.05) is 6.26 Å². The number of benzene rings is 1. The van der Waals surface area contributed by atoms with E-state index < -0.39 is 0 Å². The summed E-state index contributed by atoms with van der Waals surface area (Å²) < 4.78 is 1.49. The van der Waals surface area contributed by atoms with Gasteiger partial charge in [0.2, 0.25) is 0 Å². The smallest absolute Gasteiger partial charge is 0.307 e. The number of carbonyl (C=O) groups excluding carboxylic acids is 1. The fourth-order valence-electron chi connectivity index (χ4n) is 0.922. The number of urea groups is 1. The number of rotatable bonds is 3. The van der Waals surface area contributed by atoms with Gasteiger partial charge in [0.05, 0.1) is 10.0 Å². The number of hydrogen-bond acceptors (Lipinski definition) is 3. The predicted octanol–water partition coefficient (Wildman–Crippen LogP) is 4.38. The van der Waals surface area contributed by atoms with Gasteiger partial charge < -0.3 is 5.32 Å². The van der Waals surface area contributed by atoms with Gasteiger partial charge in [-0.05, 0) is 24.5 Å². The quantitative estimate of drug-likeness (QED) is 0.663. The van der Waals surface area contributed by atoms with E-state index in [2.05, 4.69) is 5.32 Å². The van der Waals surface area contributed by atoms with E-state index in [0.29, 0.717) is 15.7 Å². The molecule has 0 spiro atoms. The Morgan fingerprint density at radius 2 is 2.06 bits per heavy atom. The lowest BCUT2D eigenvalue weighted by Crippen LogP contribution is -2.24. The molecule has 2 amide bonds. The number of amides is 2. The number of carbonyl (C=O) groups is 1. The molecule has 1 aromatic rings. The zero-order valence-electron chi connectivity index (χ0n) is 8.66. The second-order valence-corrected chi connectivity index (χ2v) is 6.09. The van der Waals surface area contributed by atoms with Gasteiger partial charge in [0, 0.05) is 23.7 Å². The molecule has 7 heteroatoms. The molecule has 88 valence electrons. The van der Waals surface area contributed by atoms with Gasteiger partial charge >= 0.3 is 6.03 Å². The zero-order chi connectivity index (χ0) is 12.1. The Morgan fingerprint density at radius 3 is 2.62 bits per heavy atom. The Morgan fingerprint density at radius 1 is 1.38 bits per heavy atom. The van der Waals surface area contributed by atoms with Crippen molar-refractivity contribution in [3.05, 3.63) is 28.2 Å². The molecular weight excluding hydrogens is 287 g/mol. The highest BCUT2D eigenvalue weighted by Crippen LogP contribution is 2.26. The normalized spacial score (nSPS) is 10.0. The van der Waals surface area contributed by atoms with Crippen molar-refractivity contribution >= 4 is 56.7 Å².